The first-order chi connectivity index (χ1) is 14.0. The van der Waals surface area contributed by atoms with Crippen molar-refractivity contribution in [3.8, 4) is 5.75 Å². The second-order valence-electron chi connectivity index (χ2n) is 6.39. The fourth-order valence-corrected chi connectivity index (χ4v) is 2.76. The van der Waals surface area contributed by atoms with Crippen LogP contribution in [0.2, 0.25) is 5.02 Å². The summed E-state index contributed by atoms with van der Waals surface area (Å²) >= 11 is 5.92. The van der Waals surface area contributed by atoms with Crippen molar-refractivity contribution in [3.05, 3.63) is 58.9 Å². The van der Waals surface area contributed by atoms with E-state index in [1.54, 1.807) is 31.2 Å². The molecule has 162 valence electrons. The van der Waals surface area contributed by atoms with Crippen molar-refractivity contribution in [2.24, 2.45) is 0 Å². The zero-order chi connectivity index (χ0) is 22.3. The molecule has 11 heteroatoms. The van der Waals surface area contributed by atoms with Crippen molar-refractivity contribution in [1.29, 1.82) is 0 Å². The van der Waals surface area contributed by atoms with Crippen LogP contribution in [0.4, 0.5) is 18.0 Å². The summed E-state index contributed by atoms with van der Waals surface area (Å²) in [4.78, 5) is 27.6. The second kappa shape index (κ2) is 10.1. The Hall–Kier alpha value is -3.01. The number of rotatable bonds is 8. The fourth-order valence-electron chi connectivity index (χ4n) is 2.54. The maximum absolute atomic E-state index is 12.6. The van der Waals surface area contributed by atoms with Crippen LogP contribution < -0.4 is 15.4 Å². The van der Waals surface area contributed by atoms with Crippen molar-refractivity contribution in [2.75, 3.05) is 6.61 Å². The lowest BCUT2D eigenvalue weighted by molar-refractivity contribution is -0.153. The average molecular weight is 446 g/mol. The number of halogens is 4. The van der Waals surface area contributed by atoms with Gasteiger partial charge in [-0.15, -0.1) is 0 Å². The van der Waals surface area contributed by atoms with Gasteiger partial charge in [0.05, 0.1) is 17.9 Å². The monoisotopic (exact) mass is 445 g/mol. The van der Waals surface area contributed by atoms with Crippen molar-refractivity contribution in [1.82, 2.24) is 15.6 Å². The van der Waals surface area contributed by atoms with Gasteiger partial charge in [0.2, 0.25) is 5.91 Å². The van der Waals surface area contributed by atoms with Gasteiger partial charge in [0.25, 0.3) is 0 Å². The molecule has 30 heavy (non-hydrogen) atoms. The van der Waals surface area contributed by atoms with E-state index in [1.165, 1.54) is 12.1 Å². The molecule has 3 N–H and O–H groups in total. The van der Waals surface area contributed by atoms with Crippen molar-refractivity contribution < 1.29 is 32.6 Å². The molecule has 0 aliphatic carbocycles. The third-order valence-corrected chi connectivity index (χ3v) is 4.14. The van der Waals surface area contributed by atoms with Crippen LogP contribution in [0.5, 0.6) is 5.75 Å². The molecule has 1 aromatic heterocycles. The molecule has 7 nitrogen and oxygen atoms in total. The van der Waals surface area contributed by atoms with E-state index in [1.807, 2.05) is 0 Å². The average Bonchev–Trinajstić information content (AvgIpc) is 2.65. The number of aromatic nitrogens is 1. The zero-order valence-electron chi connectivity index (χ0n) is 15.7. The van der Waals surface area contributed by atoms with Crippen LogP contribution in [0.25, 0.3) is 0 Å². The smallest absolute Gasteiger partial charge is 0.422 e. The Morgan fingerprint density at radius 1 is 1.23 bits per heavy atom. The summed E-state index contributed by atoms with van der Waals surface area (Å²) in [7, 11) is 0. The third-order valence-electron chi connectivity index (χ3n) is 3.91. The molecule has 0 fully saturated rings. The molecular formula is C19H19ClF3N3O4. The van der Waals surface area contributed by atoms with E-state index in [2.05, 4.69) is 20.4 Å². The number of carbonyl (C=O) groups is 2. The minimum Gasteiger partial charge on any atom is -0.483 e. The fraction of sp³-hybridized carbons (Fsp3) is 0.316. The zero-order valence-corrected chi connectivity index (χ0v) is 16.5. The number of pyridine rings is 1. The first kappa shape index (κ1) is 23.3. The van der Waals surface area contributed by atoms with Crippen LogP contribution in [-0.4, -0.2) is 40.9 Å². The highest BCUT2D eigenvalue weighted by molar-refractivity contribution is 6.30. The topological polar surface area (TPSA) is 101 Å². The maximum Gasteiger partial charge on any atom is 0.422 e. The van der Waals surface area contributed by atoms with E-state index >= 15 is 0 Å². The quantitative estimate of drug-likeness (QED) is 0.575. The lowest BCUT2D eigenvalue weighted by Gasteiger charge is -2.20. The van der Waals surface area contributed by atoms with Crippen LogP contribution in [-0.2, 0) is 11.2 Å². The first-order valence-corrected chi connectivity index (χ1v) is 9.11. The summed E-state index contributed by atoms with van der Waals surface area (Å²) < 4.78 is 41.1. The molecule has 2 rings (SSSR count). The van der Waals surface area contributed by atoms with Gasteiger partial charge in [-0.3, -0.25) is 9.78 Å². The number of alkyl halides is 3. The maximum atomic E-state index is 12.6. The van der Waals surface area contributed by atoms with Crippen LogP contribution in [0, 0.1) is 0 Å². The van der Waals surface area contributed by atoms with Gasteiger partial charge in [-0.25, -0.2) is 4.79 Å². The molecule has 2 amide bonds. The number of nitrogens with zero attached hydrogens (tertiary/aromatic N) is 1. The lowest BCUT2D eigenvalue weighted by atomic mass is 10.0. The Kier molecular flexibility index (Phi) is 7.87. The largest absolute Gasteiger partial charge is 0.483 e. The van der Waals surface area contributed by atoms with Gasteiger partial charge < -0.3 is 20.5 Å². The Labute approximate surface area is 175 Å². The number of nitrogens with one attached hydrogen (secondary N) is 2. The summed E-state index contributed by atoms with van der Waals surface area (Å²) in [5.41, 5.74) is 1.02. The van der Waals surface area contributed by atoms with Crippen LogP contribution >= 0.6 is 11.6 Å². The van der Waals surface area contributed by atoms with Crippen molar-refractivity contribution in [2.45, 2.75) is 31.6 Å². The molecule has 1 heterocycles. The standard InChI is InChI=1S/C19H19ClF3N3O4/c1-11(15-6-5-14(9-24-15)30-10-19(21,22)23)25-17(27)16(26-18(28)29)8-12-3-2-4-13(20)7-12/h2-7,9,11,16,26H,8,10H2,1H3,(H,25,27)(H,28,29)/t11-,16+/m1/s1. The van der Waals surface area contributed by atoms with Crippen LogP contribution in [0.3, 0.4) is 0 Å². The number of hydrogen-bond donors (Lipinski definition) is 3. The minimum absolute atomic E-state index is 0.0685. The van der Waals surface area contributed by atoms with Crippen LogP contribution in [0.1, 0.15) is 24.2 Å². The van der Waals surface area contributed by atoms with E-state index in [0.717, 1.165) is 6.20 Å². The second-order valence-corrected chi connectivity index (χ2v) is 6.83. The summed E-state index contributed by atoms with van der Waals surface area (Å²) in [5.74, 6) is -0.662. The van der Waals surface area contributed by atoms with E-state index in [0.29, 0.717) is 16.3 Å². The number of benzene rings is 1. The molecule has 0 bridgehead atoms. The third kappa shape index (κ3) is 7.78. The Bertz CT molecular complexity index is 878. The van der Waals surface area contributed by atoms with Gasteiger partial charge >= 0.3 is 12.3 Å². The Morgan fingerprint density at radius 3 is 2.53 bits per heavy atom. The van der Waals surface area contributed by atoms with E-state index in [9.17, 15) is 22.8 Å². The minimum atomic E-state index is -4.46. The van der Waals surface area contributed by atoms with Gasteiger partial charge in [0, 0.05) is 11.4 Å². The molecule has 2 atom stereocenters. The molecule has 0 aliphatic heterocycles. The van der Waals surface area contributed by atoms with Crippen molar-refractivity contribution >= 4 is 23.6 Å². The summed E-state index contributed by atoms with van der Waals surface area (Å²) in [6.07, 6.45) is -4.64. The molecule has 0 aliphatic rings. The highest BCUT2D eigenvalue weighted by Gasteiger charge is 2.28. The van der Waals surface area contributed by atoms with E-state index in [4.69, 9.17) is 16.7 Å². The molecular weight excluding hydrogens is 427 g/mol. The van der Waals surface area contributed by atoms with E-state index < -0.39 is 36.9 Å². The van der Waals surface area contributed by atoms with Gasteiger partial charge in [0.1, 0.15) is 11.8 Å². The van der Waals surface area contributed by atoms with Gasteiger partial charge in [0.15, 0.2) is 6.61 Å². The molecule has 0 unspecified atom stereocenters. The summed E-state index contributed by atoms with van der Waals surface area (Å²) in [6.45, 7) is 0.167. The number of amides is 2. The lowest BCUT2D eigenvalue weighted by Crippen LogP contribution is -2.48. The number of hydrogen-bond acceptors (Lipinski definition) is 4. The number of carboxylic acid groups (broad SMARTS) is 1. The van der Waals surface area contributed by atoms with Crippen LogP contribution in [0.15, 0.2) is 42.6 Å². The van der Waals surface area contributed by atoms with E-state index in [-0.39, 0.29) is 12.2 Å². The summed E-state index contributed by atoms with van der Waals surface area (Å²) in [5, 5.41) is 14.3. The Balaban J connectivity index is 2.02. The molecule has 0 radical (unpaired) electrons. The van der Waals surface area contributed by atoms with Crippen molar-refractivity contribution in [3.63, 3.8) is 0 Å². The molecule has 0 saturated heterocycles. The summed E-state index contributed by atoms with van der Waals surface area (Å²) in [6, 6.07) is 7.66. The predicted octanol–water partition coefficient (Wildman–Crippen LogP) is 3.73. The highest BCUT2D eigenvalue weighted by Crippen LogP contribution is 2.19. The van der Waals surface area contributed by atoms with Gasteiger partial charge in [-0.2, -0.15) is 13.2 Å². The first-order valence-electron chi connectivity index (χ1n) is 8.73. The number of carbonyl (C=O) groups excluding carboxylic acids is 1. The Morgan fingerprint density at radius 2 is 1.97 bits per heavy atom. The predicted molar refractivity (Wildman–Crippen MR) is 102 cm³/mol. The molecule has 0 spiro atoms. The molecule has 1 aromatic carbocycles. The SMILES string of the molecule is C[C@@H](NC(=O)[C@H](Cc1cccc(Cl)c1)NC(=O)O)c1ccc(OCC(F)(F)F)cn1. The van der Waals surface area contributed by atoms with Gasteiger partial charge in [-0.05, 0) is 36.8 Å². The molecule has 2 aromatic rings. The molecule has 0 saturated carbocycles. The van der Waals surface area contributed by atoms with Gasteiger partial charge in [-0.1, -0.05) is 23.7 Å². The highest BCUT2D eigenvalue weighted by atomic mass is 35.5. The normalized spacial score (nSPS) is 13.2. The number of ether oxygens (including phenoxy) is 1.